The summed E-state index contributed by atoms with van der Waals surface area (Å²) >= 11 is 0. The summed E-state index contributed by atoms with van der Waals surface area (Å²) in [7, 11) is 0. The van der Waals surface area contributed by atoms with Crippen LogP contribution in [0, 0.1) is 0 Å². The highest BCUT2D eigenvalue weighted by molar-refractivity contribution is 5.58. The van der Waals surface area contributed by atoms with Crippen molar-refractivity contribution in [2.45, 2.75) is 32.7 Å². The van der Waals surface area contributed by atoms with Crippen LogP contribution < -0.4 is 5.73 Å². The fourth-order valence-corrected chi connectivity index (χ4v) is 1.90. The van der Waals surface area contributed by atoms with E-state index in [0.29, 0.717) is 6.04 Å². The summed E-state index contributed by atoms with van der Waals surface area (Å²) in [6.07, 6.45) is 2.03. The molecular formula is C12H17N5. The molecule has 2 N–H and O–H groups in total. The molecule has 0 radical (unpaired) electrons. The van der Waals surface area contributed by atoms with Gasteiger partial charge >= 0.3 is 0 Å². The van der Waals surface area contributed by atoms with Crippen molar-refractivity contribution in [2.24, 2.45) is 0 Å². The van der Waals surface area contributed by atoms with Gasteiger partial charge in [-0.05, 0) is 47.5 Å². The number of nitrogens with two attached hydrogens (primary N) is 1. The van der Waals surface area contributed by atoms with Gasteiger partial charge in [-0.2, -0.15) is 0 Å². The van der Waals surface area contributed by atoms with Gasteiger partial charge in [-0.3, -0.25) is 0 Å². The van der Waals surface area contributed by atoms with Crippen molar-refractivity contribution in [3.63, 3.8) is 0 Å². The van der Waals surface area contributed by atoms with Gasteiger partial charge in [-0.25, -0.2) is 4.68 Å². The monoisotopic (exact) mass is 231 g/mol. The second-order valence-corrected chi connectivity index (χ2v) is 4.04. The van der Waals surface area contributed by atoms with Crippen LogP contribution >= 0.6 is 0 Å². The van der Waals surface area contributed by atoms with Crippen molar-refractivity contribution in [3.8, 4) is 11.4 Å². The van der Waals surface area contributed by atoms with Gasteiger partial charge in [0.15, 0.2) is 5.82 Å². The van der Waals surface area contributed by atoms with Gasteiger partial charge in [0.2, 0.25) is 0 Å². The Balaban J connectivity index is 2.39. The minimum atomic E-state index is 0.345. The van der Waals surface area contributed by atoms with Crippen LogP contribution in [-0.2, 0) is 0 Å². The maximum absolute atomic E-state index is 5.67. The van der Waals surface area contributed by atoms with E-state index in [2.05, 4.69) is 29.4 Å². The van der Waals surface area contributed by atoms with E-state index in [0.717, 1.165) is 29.9 Å². The average Bonchev–Trinajstić information content (AvgIpc) is 2.81. The van der Waals surface area contributed by atoms with E-state index in [4.69, 9.17) is 5.73 Å². The molecule has 0 fully saturated rings. The molecule has 1 aromatic carbocycles. The number of hydrogen-bond donors (Lipinski definition) is 1. The zero-order valence-electron chi connectivity index (χ0n) is 10.2. The molecule has 0 saturated heterocycles. The normalized spacial score (nSPS) is 11.0. The molecule has 1 heterocycles. The quantitative estimate of drug-likeness (QED) is 0.819. The van der Waals surface area contributed by atoms with E-state index in [-0.39, 0.29) is 0 Å². The third kappa shape index (κ3) is 2.27. The first-order valence-corrected chi connectivity index (χ1v) is 5.90. The van der Waals surface area contributed by atoms with Crippen molar-refractivity contribution in [1.82, 2.24) is 20.2 Å². The van der Waals surface area contributed by atoms with Crippen LogP contribution in [0.25, 0.3) is 11.4 Å². The molecular weight excluding hydrogens is 214 g/mol. The smallest absolute Gasteiger partial charge is 0.182 e. The molecule has 0 bridgehead atoms. The van der Waals surface area contributed by atoms with Gasteiger partial charge in [0, 0.05) is 11.3 Å². The second kappa shape index (κ2) is 4.95. The molecule has 0 spiro atoms. The number of rotatable bonds is 4. The van der Waals surface area contributed by atoms with E-state index in [1.165, 1.54) is 0 Å². The van der Waals surface area contributed by atoms with Crippen molar-refractivity contribution in [2.75, 3.05) is 5.73 Å². The Bertz CT molecular complexity index is 470. The lowest BCUT2D eigenvalue weighted by molar-refractivity contribution is 0.422. The minimum Gasteiger partial charge on any atom is -0.399 e. The number of hydrogen-bond acceptors (Lipinski definition) is 4. The number of benzene rings is 1. The fourth-order valence-electron chi connectivity index (χ4n) is 1.90. The molecule has 5 nitrogen and oxygen atoms in total. The lowest BCUT2D eigenvalue weighted by atomic mass is 10.1. The van der Waals surface area contributed by atoms with Gasteiger partial charge in [-0.1, -0.05) is 13.8 Å². The van der Waals surface area contributed by atoms with E-state index < -0.39 is 0 Å². The standard InChI is InChI=1S/C12H17N5/c1-3-11(4-2)17-12(14-15-16-17)9-5-7-10(13)8-6-9/h5-8,11H,3-4,13H2,1-2H3. The number of aromatic nitrogens is 4. The number of nitrogens with zero attached hydrogens (tertiary/aromatic N) is 4. The summed E-state index contributed by atoms with van der Waals surface area (Å²) in [6, 6.07) is 7.96. The molecule has 0 atom stereocenters. The summed E-state index contributed by atoms with van der Waals surface area (Å²) < 4.78 is 1.89. The summed E-state index contributed by atoms with van der Waals surface area (Å²) in [6.45, 7) is 4.28. The number of nitrogen functional groups attached to an aromatic ring is 1. The van der Waals surface area contributed by atoms with Gasteiger partial charge in [0.1, 0.15) is 0 Å². The van der Waals surface area contributed by atoms with Crippen molar-refractivity contribution in [1.29, 1.82) is 0 Å². The van der Waals surface area contributed by atoms with Gasteiger partial charge in [0.25, 0.3) is 0 Å². The maximum Gasteiger partial charge on any atom is 0.182 e. The maximum atomic E-state index is 5.67. The van der Waals surface area contributed by atoms with Gasteiger partial charge in [-0.15, -0.1) is 5.10 Å². The van der Waals surface area contributed by atoms with Gasteiger partial charge < -0.3 is 5.73 Å². The molecule has 0 aliphatic heterocycles. The molecule has 1 aromatic heterocycles. The molecule has 0 aliphatic rings. The van der Waals surface area contributed by atoms with Crippen LogP contribution in [0.5, 0.6) is 0 Å². The predicted molar refractivity (Wildman–Crippen MR) is 67.3 cm³/mol. The number of anilines is 1. The summed E-state index contributed by atoms with van der Waals surface area (Å²) in [4.78, 5) is 0. The van der Waals surface area contributed by atoms with Crippen LogP contribution in [-0.4, -0.2) is 20.2 Å². The average molecular weight is 231 g/mol. The number of tetrazole rings is 1. The fraction of sp³-hybridized carbons (Fsp3) is 0.417. The van der Waals surface area contributed by atoms with E-state index in [1.54, 1.807) is 0 Å². The Morgan fingerprint density at radius 1 is 1.18 bits per heavy atom. The van der Waals surface area contributed by atoms with Crippen LogP contribution in [0.1, 0.15) is 32.7 Å². The Labute approximate surface area is 101 Å². The summed E-state index contributed by atoms with van der Waals surface area (Å²) in [5.41, 5.74) is 7.41. The van der Waals surface area contributed by atoms with Crippen LogP contribution in [0.2, 0.25) is 0 Å². The highest BCUT2D eigenvalue weighted by atomic mass is 15.5. The highest BCUT2D eigenvalue weighted by Crippen LogP contribution is 2.23. The first-order chi connectivity index (χ1) is 8.26. The molecule has 2 rings (SSSR count). The third-order valence-corrected chi connectivity index (χ3v) is 2.95. The zero-order valence-corrected chi connectivity index (χ0v) is 10.2. The van der Waals surface area contributed by atoms with Crippen LogP contribution in [0.15, 0.2) is 24.3 Å². The van der Waals surface area contributed by atoms with E-state index >= 15 is 0 Å². The van der Waals surface area contributed by atoms with E-state index in [1.807, 2.05) is 28.9 Å². The summed E-state index contributed by atoms with van der Waals surface area (Å²) in [5, 5.41) is 11.9. The Kier molecular flexibility index (Phi) is 3.37. The summed E-state index contributed by atoms with van der Waals surface area (Å²) in [5.74, 6) is 0.804. The lowest BCUT2D eigenvalue weighted by Gasteiger charge is -2.14. The molecule has 17 heavy (non-hydrogen) atoms. The van der Waals surface area contributed by atoms with E-state index in [9.17, 15) is 0 Å². The molecule has 90 valence electrons. The zero-order chi connectivity index (χ0) is 12.3. The Hall–Kier alpha value is -1.91. The van der Waals surface area contributed by atoms with Crippen molar-refractivity contribution >= 4 is 5.69 Å². The SMILES string of the molecule is CCC(CC)n1nnnc1-c1ccc(N)cc1. The molecule has 0 aliphatic carbocycles. The third-order valence-electron chi connectivity index (χ3n) is 2.95. The van der Waals surface area contributed by atoms with Crippen molar-refractivity contribution < 1.29 is 0 Å². The van der Waals surface area contributed by atoms with Crippen LogP contribution in [0.4, 0.5) is 5.69 Å². The molecule has 2 aromatic rings. The van der Waals surface area contributed by atoms with Crippen molar-refractivity contribution in [3.05, 3.63) is 24.3 Å². The molecule has 0 unspecified atom stereocenters. The highest BCUT2D eigenvalue weighted by Gasteiger charge is 2.15. The predicted octanol–water partition coefficient (Wildman–Crippen LogP) is 2.28. The largest absolute Gasteiger partial charge is 0.399 e. The molecule has 0 saturated carbocycles. The topological polar surface area (TPSA) is 69.6 Å². The first kappa shape index (κ1) is 11.6. The Morgan fingerprint density at radius 2 is 1.82 bits per heavy atom. The first-order valence-electron chi connectivity index (χ1n) is 5.90. The second-order valence-electron chi connectivity index (χ2n) is 4.04. The van der Waals surface area contributed by atoms with Gasteiger partial charge in [0.05, 0.1) is 6.04 Å². The minimum absolute atomic E-state index is 0.345. The molecule has 0 amide bonds. The lowest BCUT2D eigenvalue weighted by Crippen LogP contribution is -2.10. The Morgan fingerprint density at radius 3 is 2.41 bits per heavy atom. The van der Waals surface area contributed by atoms with Crippen LogP contribution in [0.3, 0.4) is 0 Å². The molecule has 5 heteroatoms.